The third-order valence-corrected chi connectivity index (χ3v) is 5.10. The molecule has 3 N–H and O–H groups in total. The average Bonchev–Trinajstić information content (AvgIpc) is 2.70. The number of amides is 1. The highest BCUT2D eigenvalue weighted by Gasteiger charge is 2.21. The van der Waals surface area contributed by atoms with Crippen LogP contribution in [0.5, 0.6) is 5.88 Å². The number of ether oxygens (including phenoxy) is 2. The van der Waals surface area contributed by atoms with Crippen molar-refractivity contribution in [3.63, 3.8) is 0 Å². The summed E-state index contributed by atoms with van der Waals surface area (Å²) in [4.78, 5) is 28.1. The van der Waals surface area contributed by atoms with Crippen LogP contribution in [0.15, 0.2) is 41.3 Å². The Labute approximate surface area is 184 Å². The zero-order valence-corrected chi connectivity index (χ0v) is 18.7. The van der Waals surface area contributed by atoms with E-state index in [0.29, 0.717) is 22.0 Å². The summed E-state index contributed by atoms with van der Waals surface area (Å²) in [6, 6.07) is 8.63. The molecule has 0 atom stereocenters. The molecule has 0 saturated carbocycles. The molecule has 0 unspecified atom stereocenters. The summed E-state index contributed by atoms with van der Waals surface area (Å²) in [6.45, 7) is 4.83. The van der Waals surface area contributed by atoms with Gasteiger partial charge in [-0.1, -0.05) is 24.3 Å². The fourth-order valence-corrected chi connectivity index (χ4v) is 3.49. The van der Waals surface area contributed by atoms with E-state index in [1.165, 1.54) is 13.3 Å². The molecule has 0 bridgehead atoms. The van der Waals surface area contributed by atoms with Gasteiger partial charge in [0.2, 0.25) is 5.88 Å². The number of aromatic amines is 1. The molecule has 2 heterocycles. The van der Waals surface area contributed by atoms with Gasteiger partial charge in [-0.2, -0.15) is 18.2 Å². The van der Waals surface area contributed by atoms with Crippen molar-refractivity contribution in [3.05, 3.63) is 52.4 Å². The van der Waals surface area contributed by atoms with Gasteiger partial charge in [-0.3, -0.25) is 4.79 Å². The van der Waals surface area contributed by atoms with Crippen LogP contribution >= 0.6 is 0 Å². The minimum atomic E-state index is -4.09. The quantitative estimate of drug-likeness (QED) is 0.503. The molecule has 0 aliphatic heterocycles. The molecule has 12 heteroatoms. The van der Waals surface area contributed by atoms with E-state index in [4.69, 9.17) is 9.47 Å². The van der Waals surface area contributed by atoms with Crippen LogP contribution in [-0.4, -0.2) is 42.4 Å². The molecule has 3 aromatic rings. The lowest BCUT2D eigenvalue weighted by molar-refractivity contribution is 0.0569. The molecule has 11 nitrogen and oxygen atoms in total. The fraction of sp³-hybridized carbons (Fsp3) is 0.300. The first-order valence-corrected chi connectivity index (χ1v) is 11.0. The summed E-state index contributed by atoms with van der Waals surface area (Å²) < 4.78 is 38.3. The summed E-state index contributed by atoms with van der Waals surface area (Å²) in [6.07, 6.45) is 0.440. The maximum absolute atomic E-state index is 12.0. The highest BCUT2D eigenvalue weighted by Crippen LogP contribution is 2.26. The first kappa shape index (κ1) is 23.2. The Balaban J connectivity index is 1.73. The number of hydrogen-bond donors (Lipinski definition) is 3. The number of pyridine rings is 1. The van der Waals surface area contributed by atoms with Gasteiger partial charge in [0.15, 0.2) is 0 Å². The maximum Gasteiger partial charge on any atom is 0.422 e. The molecule has 0 saturated heterocycles. The maximum atomic E-state index is 12.0. The predicted molar refractivity (Wildman–Crippen MR) is 117 cm³/mol. The molecular formula is C20H23N5O6S. The molecule has 0 fully saturated rings. The summed E-state index contributed by atoms with van der Waals surface area (Å²) in [5.41, 5.74) is 0.707. The predicted octanol–water partition coefficient (Wildman–Crippen LogP) is 1.85. The SMILES string of the molecule is COc1nc(-c2ccc(CNS(=O)(=O)NC(=O)OC(C)(C)C)cc2)cc2cn[nH]c(=O)c12. The Kier molecular flexibility index (Phi) is 6.46. The van der Waals surface area contributed by atoms with Gasteiger partial charge < -0.3 is 9.47 Å². The average molecular weight is 462 g/mol. The first-order valence-electron chi connectivity index (χ1n) is 9.49. The molecule has 0 aliphatic carbocycles. The number of fused-ring (bicyclic) bond motifs is 1. The first-order chi connectivity index (χ1) is 15.0. The number of carbonyl (C=O) groups is 1. The number of aromatic nitrogens is 3. The minimum absolute atomic E-state index is 0.0494. The van der Waals surface area contributed by atoms with Crippen molar-refractivity contribution in [3.8, 4) is 17.1 Å². The minimum Gasteiger partial charge on any atom is -0.480 e. The second kappa shape index (κ2) is 8.93. The van der Waals surface area contributed by atoms with Gasteiger partial charge in [0.25, 0.3) is 5.56 Å². The topological polar surface area (TPSA) is 152 Å². The Morgan fingerprint density at radius 2 is 1.88 bits per heavy atom. The molecule has 3 rings (SSSR count). The molecule has 0 aliphatic rings. The van der Waals surface area contributed by atoms with E-state index < -0.39 is 27.5 Å². The number of nitrogens with zero attached hydrogens (tertiary/aromatic N) is 2. The van der Waals surface area contributed by atoms with Crippen molar-refractivity contribution in [2.24, 2.45) is 0 Å². The fourth-order valence-electron chi connectivity index (χ4n) is 2.80. The van der Waals surface area contributed by atoms with Crippen LogP contribution < -0.4 is 19.7 Å². The van der Waals surface area contributed by atoms with E-state index in [9.17, 15) is 18.0 Å². The van der Waals surface area contributed by atoms with Crippen molar-refractivity contribution in [2.45, 2.75) is 32.9 Å². The molecule has 0 spiro atoms. The van der Waals surface area contributed by atoms with Gasteiger partial charge in [-0.05, 0) is 32.4 Å². The Morgan fingerprint density at radius 1 is 1.19 bits per heavy atom. The normalized spacial score (nSPS) is 11.9. The number of H-pyrrole nitrogens is 1. The largest absolute Gasteiger partial charge is 0.480 e. The number of methoxy groups -OCH3 is 1. The molecule has 1 aromatic carbocycles. The Hall–Kier alpha value is -3.51. The van der Waals surface area contributed by atoms with Crippen LogP contribution in [-0.2, 0) is 21.5 Å². The van der Waals surface area contributed by atoms with Crippen LogP contribution in [0.4, 0.5) is 4.79 Å². The van der Waals surface area contributed by atoms with E-state index in [2.05, 4.69) is 19.9 Å². The Morgan fingerprint density at radius 3 is 2.50 bits per heavy atom. The van der Waals surface area contributed by atoms with Crippen LogP contribution in [0, 0.1) is 0 Å². The lowest BCUT2D eigenvalue weighted by atomic mass is 10.1. The summed E-state index contributed by atoms with van der Waals surface area (Å²) in [7, 11) is -2.67. The molecule has 1 amide bonds. The lowest BCUT2D eigenvalue weighted by Gasteiger charge is -2.19. The summed E-state index contributed by atoms with van der Waals surface area (Å²) in [5, 5.41) is 7.02. The molecule has 32 heavy (non-hydrogen) atoms. The van der Waals surface area contributed by atoms with Crippen LogP contribution in [0.2, 0.25) is 0 Å². The third-order valence-electron chi connectivity index (χ3n) is 4.14. The second-order valence-electron chi connectivity index (χ2n) is 7.81. The standard InChI is InChI=1S/C20H23N5O6S/c1-20(2,3)31-19(27)25-32(28,29)22-10-12-5-7-13(8-6-12)15-9-14-11-21-24-17(26)16(14)18(23-15)30-4/h5-9,11,22H,10H2,1-4H3,(H,24,26)(H,25,27). The Bertz CT molecular complexity index is 1300. The number of nitrogens with one attached hydrogen (secondary N) is 3. The highest BCUT2D eigenvalue weighted by atomic mass is 32.2. The highest BCUT2D eigenvalue weighted by molar-refractivity contribution is 7.88. The third kappa shape index (κ3) is 5.80. The van der Waals surface area contributed by atoms with Crippen LogP contribution in [0.3, 0.4) is 0 Å². The number of carbonyl (C=O) groups excluding carboxylic acids is 1. The van der Waals surface area contributed by atoms with Gasteiger partial charge in [0.05, 0.1) is 19.0 Å². The zero-order valence-electron chi connectivity index (χ0n) is 17.9. The van der Waals surface area contributed by atoms with E-state index in [0.717, 1.165) is 5.56 Å². The molecule has 170 valence electrons. The van der Waals surface area contributed by atoms with Gasteiger partial charge in [-0.15, -0.1) is 0 Å². The molecule has 2 aromatic heterocycles. The van der Waals surface area contributed by atoms with Crippen molar-refractivity contribution in [1.82, 2.24) is 24.6 Å². The van der Waals surface area contributed by atoms with E-state index in [-0.39, 0.29) is 12.4 Å². The van der Waals surface area contributed by atoms with Gasteiger partial charge in [0.1, 0.15) is 11.0 Å². The van der Waals surface area contributed by atoms with Crippen molar-refractivity contribution in [1.29, 1.82) is 0 Å². The number of hydrogen-bond acceptors (Lipinski definition) is 8. The number of benzene rings is 1. The lowest BCUT2D eigenvalue weighted by Crippen LogP contribution is -2.42. The zero-order chi connectivity index (χ0) is 23.5. The van der Waals surface area contributed by atoms with Gasteiger partial charge in [0, 0.05) is 17.5 Å². The summed E-state index contributed by atoms with van der Waals surface area (Å²) >= 11 is 0. The van der Waals surface area contributed by atoms with E-state index >= 15 is 0 Å². The smallest absolute Gasteiger partial charge is 0.422 e. The van der Waals surface area contributed by atoms with Crippen molar-refractivity contribution in [2.75, 3.05) is 7.11 Å². The van der Waals surface area contributed by atoms with E-state index in [1.54, 1.807) is 55.8 Å². The molecule has 0 radical (unpaired) electrons. The number of rotatable bonds is 6. The monoisotopic (exact) mass is 461 g/mol. The van der Waals surface area contributed by atoms with E-state index in [1.807, 2.05) is 0 Å². The molecular weight excluding hydrogens is 438 g/mol. The van der Waals surface area contributed by atoms with Gasteiger partial charge >= 0.3 is 16.3 Å². The van der Waals surface area contributed by atoms with Crippen LogP contribution in [0.25, 0.3) is 22.0 Å². The summed E-state index contributed by atoms with van der Waals surface area (Å²) in [5.74, 6) is 0.172. The van der Waals surface area contributed by atoms with Crippen LogP contribution in [0.1, 0.15) is 26.3 Å². The van der Waals surface area contributed by atoms with Gasteiger partial charge in [-0.25, -0.2) is 19.6 Å². The van der Waals surface area contributed by atoms with Crippen molar-refractivity contribution < 1.29 is 22.7 Å². The second-order valence-corrected chi connectivity index (χ2v) is 9.31. The van der Waals surface area contributed by atoms with Crippen molar-refractivity contribution >= 4 is 27.1 Å².